The number of thiazole rings is 1. The summed E-state index contributed by atoms with van der Waals surface area (Å²) >= 11 is 1.51. The lowest BCUT2D eigenvalue weighted by molar-refractivity contribution is -0.154. The molecule has 0 N–H and O–H groups in total. The molecule has 2 aromatic heterocycles. The molecule has 1 fully saturated rings. The van der Waals surface area contributed by atoms with Crippen LogP contribution in [-0.4, -0.2) is 44.9 Å². The molecular weight excluding hydrogens is 314 g/mol. The molecule has 0 saturated carbocycles. The fourth-order valence-electron chi connectivity index (χ4n) is 3.19. The van der Waals surface area contributed by atoms with E-state index in [-0.39, 0.29) is 31.0 Å². The van der Waals surface area contributed by atoms with Gasteiger partial charge in [-0.2, -0.15) is 0 Å². The molecule has 0 spiro atoms. The van der Waals surface area contributed by atoms with E-state index in [0.717, 1.165) is 24.2 Å². The molecule has 1 saturated heterocycles. The third kappa shape index (κ3) is 3.55. The van der Waals surface area contributed by atoms with Gasteiger partial charge in [0.1, 0.15) is 0 Å². The highest BCUT2D eigenvalue weighted by Gasteiger charge is 2.29. The van der Waals surface area contributed by atoms with Crippen molar-refractivity contribution in [2.75, 3.05) is 6.61 Å². The molecule has 1 amide bonds. The number of esters is 1. The maximum absolute atomic E-state index is 12.3. The van der Waals surface area contributed by atoms with Gasteiger partial charge in [0.25, 0.3) is 5.91 Å². The Bertz CT molecular complexity index is 670. The van der Waals surface area contributed by atoms with E-state index in [9.17, 15) is 9.59 Å². The van der Waals surface area contributed by atoms with Crippen LogP contribution in [0.3, 0.4) is 0 Å². The molecule has 0 radical (unpaired) electrons. The van der Waals surface area contributed by atoms with Gasteiger partial charge in [0.15, 0.2) is 11.6 Å². The van der Waals surface area contributed by atoms with Crippen molar-refractivity contribution in [2.24, 2.45) is 0 Å². The molecule has 6 nitrogen and oxygen atoms in total. The normalized spacial score (nSPS) is 21.6. The molecule has 2 aromatic rings. The van der Waals surface area contributed by atoms with Crippen molar-refractivity contribution in [1.29, 1.82) is 0 Å². The van der Waals surface area contributed by atoms with E-state index < -0.39 is 5.97 Å². The smallest absolute Gasteiger partial charge is 0.312 e. The van der Waals surface area contributed by atoms with Gasteiger partial charge in [0.2, 0.25) is 0 Å². The fraction of sp³-hybridized carbons (Fsp3) is 0.562. The molecule has 2 unspecified atom stereocenters. The number of hydrogen-bond donors (Lipinski definition) is 0. The number of aromatic nitrogens is 2. The lowest BCUT2D eigenvalue weighted by atomic mass is 9.97. The van der Waals surface area contributed by atoms with Crippen molar-refractivity contribution in [3.05, 3.63) is 23.5 Å². The number of likely N-dealkylation sites (tertiary alicyclic amines) is 1. The van der Waals surface area contributed by atoms with Crippen LogP contribution in [0, 0.1) is 0 Å². The lowest BCUT2D eigenvalue weighted by Crippen LogP contribution is -2.49. The first kappa shape index (κ1) is 16.0. The second kappa shape index (κ2) is 6.70. The second-order valence-corrected chi connectivity index (χ2v) is 6.97. The molecule has 1 aliphatic rings. The van der Waals surface area contributed by atoms with Crippen molar-refractivity contribution in [1.82, 2.24) is 14.3 Å². The van der Waals surface area contributed by atoms with Crippen LogP contribution >= 0.6 is 11.3 Å². The zero-order valence-electron chi connectivity index (χ0n) is 13.4. The molecule has 0 bridgehead atoms. The fourth-order valence-corrected chi connectivity index (χ4v) is 3.91. The SMILES string of the molecule is CC1CCCC(C)N1C(=O)COC(=O)Cc1cn2ccsc2n1. The summed E-state index contributed by atoms with van der Waals surface area (Å²) in [4.78, 5) is 31.3. The van der Waals surface area contributed by atoms with E-state index in [0.29, 0.717) is 5.69 Å². The summed E-state index contributed by atoms with van der Waals surface area (Å²) in [5.74, 6) is -0.523. The first-order chi connectivity index (χ1) is 11.0. The molecule has 7 heteroatoms. The van der Waals surface area contributed by atoms with Gasteiger partial charge in [-0.3, -0.25) is 14.0 Å². The average Bonchev–Trinajstić information content (AvgIpc) is 3.06. The van der Waals surface area contributed by atoms with Gasteiger partial charge in [0.05, 0.1) is 12.1 Å². The highest BCUT2D eigenvalue weighted by atomic mass is 32.1. The molecule has 3 heterocycles. The Hall–Kier alpha value is -1.89. The minimum atomic E-state index is -0.415. The van der Waals surface area contributed by atoms with Crippen LogP contribution in [0.1, 0.15) is 38.8 Å². The van der Waals surface area contributed by atoms with Crippen molar-refractivity contribution in [2.45, 2.75) is 51.6 Å². The Labute approximate surface area is 139 Å². The summed E-state index contributed by atoms with van der Waals surface area (Å²) in [7, 11) is 0. The number of amides is 1. The highest BCUT2D eigenvalue weighted by molar-refractivity contribution is 7.15. The summed E-state index contributed by atoms with van der Waals surface area (Å²) in [6.07, 6.45) is 6.95. The van der Waals surface area contributed by atoms with Gasteiger partial charge in [-0.1, -0.05) is 0 Å². The van der Waals surface area contributed by atoms with Crippen LogP contribution in [0.2, 0.25) is 0 Å². The number of carbonyl (C=O) groups is 2. The Kier molecular flexibility index (Phi) is 4.66. The predicted octanol–water partition coefficient (Wildman–Crippen LogP) is 2.27. The number of hydrogen-bond acceptors (Lipinski definition) is 5. The molecule has 124 valence electrons. The second-order valence-electron chi connectivity index (χ2n) is 6.09. The zero-order chi connectivity index (χ0) is 16.4. The maximum atomic E-state index is 12.3. The number of nitrogens with zero attached hydrogens (tertiary/aromatic N) is 3. The topological polar surface area (TPSA) is 63.9 Å². The maximum Gasteiger partial charge on any atom is 0.312 e. The van der Waals surface area contributed by atoms with Crippen LogP contribution in [0.25, 0.3) is 4.96 Å². The van der Waals surface area contributed by atoms with E-state index in [2.05, 4.69) is 4.98 Å². The monoisotopic (exact) mass is 335 g/mol. The predicted molar refractivity (Wildman–Crippen MR) is 87.4 cm³/mol. The van der Waals surface area contributed by atoms with E-state index in [1.807, 2.05) is 40.9 Å². The van der Waals surface area contributed by atoms with E-state index >= 15 is 0 Å². The van der Waals surface area contributed by atoms with Gasteiger partial charge in [-0.05, 0) is 33.1 Å². The van der Waals surface area contributed by atoms with Crippen LogP contribution in [-0.2, 0) is 20.7 Å². The van der Waals surface area contributed by atoms with Crippen LogP contribution in [0.15, 0.2) is 17.8 Å². The Balaban J connectivity index is 1.52. The van der Waals surface area contributed by atoms with Crippen LogP contribution in [0.5, 0.6) is 0 Å². The summed E-state index contributed by atoms with van der Waals surface area (Å²) in [6, 6.07) is 0.426. The summed E-state index contributed by atoms with van der Waals surface area (Å²) in [5.41, 5.74) is 0.661. The minimum absolute atomic E-state index is 0.0901. The Morgan fingerprint density at radius 1 is 1.35 bits per heavy atom. The number of fused-ring (bicyclic) bond motifs is 1. The Morgan fingerprint density at radius 3 is 2.78 bits per heavy atom. The standard InChI is InChI=1S/C16H21N3O3S/c1-11-4-3-5-12(2)19(11)14(20)10-22-15(21)8-13-9-18-6-7-23-16(18)17-13/h6-7,9,11-12H,3-5,8,10H2,1-2H3. The molecular formula is C16H21N3O3S. The van der Waals surface area contributed by atoms with Crippen LogP contribution < -0.4 is 0 Å². The minimum Gasteiger partial charge on any atom is -0.455 e. The average molecular weight is 335 g/mol. The van der Waals surface area contributed by atoms with Gasteiger partial charge >= 0.3 is 5.97 Å². The zero-order valence-corrected chi connectivity index (χ0v) is 14.2. The van der Waals surface area contributed by atoms with Gasteiger partial charge < -0.3 is 9.64 Å². The highest BCUT2D eigenvalue weighted by Crippen LogP contribution is 2.22. The summed E-state index contributed by atoms with van der Waals surface area (Å²) in [5, 5.41) is 1.93. The number of imidazole rings is 1. The third-order valence-corrected chi connectivity index (χ3v) is 5.08. The largest absolute Gasteiger partial charge is 0.455 e. The number of piperidine rings is 1. The molecule has 3 rings (SSSR count). The van der Waals surface area contributed by atoms with Crippen molar-refractivity contribution >= 4 is 28.2 Å². The van der Waals surface area contributed by atoms with E-state index in [1.54, 1.807) is 0 Å². The summed E-state index contributed by atoms with van der Waals surface area (Å²) in [6.45, 7) is 3.91. The molecule has 2 atom stereocenters. The van der Waals surface area contributed by atoms with Crippen LogP contribution in [0.4, 0.5) is 0 Å². The van der Waals surface area contributed by atoms with Gasteiger partial charge in [0, 0.05) is 29.9 Å². The number of carbonyl (C=O) groups excluding carboxylic acids is 2. The van der Waals surface area contributed by atoms with Gasteiger partial charge in [-0.15, -0.1) is 11.3 Å². The van der Waals surface area contributed by atoms with Gasteiger partial charge in [-0.25, -0.2) is 4.98 Å². The van der Waals surface area contributed by atoms with E-state index in [4.69, 9.17) is 4.74 Å². The first-order valence-corrected chi connectivity index (χ1v) is 8.80. The molecule has 0 aromatic carbocycles. The van der Waals surface area contributed by atoms with Crippen molar-refractivity contribution in [3.8, 4) is 0 Å². The number of ether oxygens (including phenoxy) is 1. The lowest BCUT2D eigenvalue weighted by Gasteiger charge is -2.38. The van der Waals surface area contributed by atoms with Crippen molar-refractivity contribution < 1.29 is 14.3 Å². The van der Waals surface area contributed by atoms with E-state index in [1.165, 1.54) is 11.3 Å². The van der Waals surface area contributed by atoms with Crippen molar-refractivity contribution in [3.63, 3.8) is 0 Å². The summed E-state index contributed by atoms with van der Waals surface area (Å²) < 4.78 is 7.02. The Morgan fingerprint density at radius 2 is 2.09 bits per heavy atom. The quantitative estimate of drug-likeness (QED) is 0.804. The molecule has 1 aliphatic heterocycles. The molecule has 0 aliphatic carbocycles. The molecule has 23 heavy (non-hydrogen) atoms. The third-order valence-electron chi connectivity index (χ3n) is 4.31. The number of rotatable bonds is 4. The first-order valence-electron chi connectivity index (χ1n) is 7.92.